The molecule has 3 saturated heterocycles. The molecular formula is C13H19N3. The van der Waals surface area contributed by atoms with E-state index in [1.807, 2.05) is 0 Å². The van der Waals surface area contributed by atoms with Gasteiger partial charge in [-0.05, 0) is 37.1 Å². The summed E-state index contributed by atoms with van der Waals surface area (Å²) in [5.74, 6) is 0. The Morgan fingerprint density at radius 2 is 2.06 bits per heavy atom. The van der Waals surface area contributed by atoms with E-state index in [1.165, 1.54) is 17.7 Å². The predicted molar refractivity (Wildman–Crippen MR) is 66.7 cm³/mol. The number of hydrogen-bond acceptors (Lipinski definition) is 3. The maximum atomic E-state index is 5.59. The topological polar surface area (TPSA) is 41.3 Å². The monoisotopic (exact) mass is 217 g/mol. The fraction of sp³-hybridized carbons (Fsp3) is 0.538. The van der Waals surface area contributed by atoms with Crippen LogP contribution in [0.5, 0.6) is 0 Å². The molecule has 3 fully saturated rings. The Balaban J connectivity index is 1.75. The molecule has 0 aromatic heterocycles. The minimum absolute atomic E-state index is 0.719. The SMILES string of the molecule is NCCc1cccc(N2CC3CC(C2)N3)c1. The number of hydrogen-bond donors (Lipinski definition) is 2. The third-order valence-corrected chi connectivity index (χ3v) is 3.63. The van der Waals surface area contributed by atoms with Crippen LogP contribution in [-0.4, -0.2) is 31.7 Å². The fourth-order valence-electron chi connectivity index (χ4n) is 2.80. The quantitative estimate of drug-likeness (QED) is 0.784. The van der Waals surface area contributed by atoms with Crippen molar-refractivity contribution < 1.29 is 0 Å². The van der Waals surface area contributed by atoms with E-state index in [0.29, 0.717) is 0 Å². The minimum atomic E-state index is 0.719. The van der Waals surface area contributed by atoms with E-state index in [9.17, 15) is 0 Å². The van der Waals surface area contributed by atoms with Gasteiger partial charge in [0.1, 0.15) is 0 Å². The first-order valence-corrected chi connectivity index (χ1v) is 6.15. The molecule has 2 bridgehead atoms. The molecule has 3 heterocycles. The van der Waals surface area contributed by atoms with Crippen molar-refractivity contribution in [2.75, 3.05) is 24.5 Å². The number of anilines is 1. The Labute approximate surface area is 96.6 Å². The maximum Gasteiger partial charge on any atom is 0.0370 e. The second kappa shape index (κ2) is 4.07. The van der Waals surface area contributed by atoms with Crippen molar-refractivity contribution in [3.05, 3.63) is 29.8 Å². The summed E-state index contributed by atoms with van der Waals surface area (Å²) >= 11 is 0. The smallest absolute Gasteiger partial charge is 0.0370 e. The first kappa shape index (κ1) is 10.1. The van der Waals surface area contributed by atoms with E-state index in [1.54, 1.807) is 0 Å². The van der Waals surface area contributed by atoms with Crippen LogP contribution in [0.25, 0.3) is 0 Å². The zero-order valence-corrected chi connectivity index (χ0v) is 9.52. The highest BCUT2D eigenvalue weighted by atomic mass is 15.3. The van der Waals surface area contributed by atoms with Gasteiger partial charge < -0.3 is 16.0 Å². The third-order valence-electron chi connectivity index (χ3n) is 3.63. The molecule has 2 atom stereocenters. The molecule has 2 unspecified atom stereocenters. The standard InChI is InChI=1S/C13H19N3/c14-5-4-10-2-1-3-13(6-10)16-8-11-7-12(9-16)15-11/h1-3,6,11-12,15H,4-5,7-9,14H2. The molecule has 86 valence electrons. The van der Waals surface area contributed by atoms with Crippen molar-refractivity contribution in [3.8, 4) is 0 Å². The third kappa shape index (κ3) is 1.81. The molecule has 4 rings (SSSR count). The predicted octanol–water partition coefficient (Wildman–Crippen LogP) is 0.738. The number of nitrogens with one attached hydrogen (secondary N) is 1. The summed E-state index contributed by atoms with van der Waals surface area (Å²) in [6, 6.07) is 10.3. The minimum Gasteiger partial charge on any atom is -0.368 e. The molecule has 1 aromatic rings. The lowest BCUT2D eigenvalue weighted by atomic mass is 9.91. The molecule has 3 nitrogen and oxygen atoms in total. The van der Waals surface area contributed by atoms with E-state index >= 15 is 0 Å². The van der Waals surface area contributed by atoms with Gasteiger partial charge in [-0.15, -0.1) is 0 Å². The molecule has 0 saturated carbocycles. The molecule has 0 radical (unpaired) electrons. The highest BCUT2D eigenvalue weighted by molar-refractivity contribution is 5.50. The number of piperazine rings is 1. The molecule has 3 aliphatic rings. The lowest BCUT2D eigenvalue weighted by Crippen LogP contribution is -2.67. The van der Waals surface area contributed by atoms with Crippen molar-refractivity contribution in [2.24, 2.45) is 5.73 Å². The molecule has 0 aliphatic carbocycles. The van der Waals surface area contributed by atoms with Gasteiger partial charge in [0.15, 0.2) is 0 Å². The zero-order valence-electron chi connectivity index (χ0n) is 9.52. The number of nitrogens with zero attached hydrogens (tertiary/aromatic N) is 1. The average molecular weight is 217 g/mol. The van der Waals surface area contributed by atoms with Gasteiger partial charge in [-0.2, -0.15) is 0 Å². The van der Waals surface area contributed by atoms with Crippen molar-refractivity contribution in [1.82, 2.24) is 5.32 Å². The number of rotatable bonds is 3. The van der Waals surface area contributed by atoms with Crippen molar-refractivity contribution >= 4 is 5.69 Å². The van der Waals surface area contributed by atoms with Gasteiger partial charge >= 0.3 is 0 Å². The number of piperidine rings is 1. The molecule has 3 aliphatic heterocycles. The molecular weight excluding hydrogens is 198 g/mol. The normalized spacial score (nSPS) is 27.7. The van der Waals surface area contributed by atoms with Gasteiger partial charge in [0, 0.05) is 30.9 Å². The molecule has 16 heavy (non-hydrogen) atoms. The van der Waals surface area contributed by atoms with E-state index in [-0.39, 0.29) is 0 Å². The fourth-order valence-corrected chi connectivity index (χ4v) is 2.80. The number of fused-ring (bicyclic) bond motifs is 2. The molecule has 0 amide bonds. The van der Waals surface area contributed by atoms with Crippen LogP contribution >= 0.6 is 0 Å². The molecule has 0 spiro atoms. The summed E-state index contributed by atoms with van der Waals surface area (Å²) < 4.78 is 0. The largest absolute Gasteiger partial charge is 0.368 e. The van der Waals surface area contributed by atoms with E-state index in [0.717, 1.165) is 38.1 Å². The van der Waals surface area contributed by atoms with Crippen LogP contribution in [0.1, 0.15) is 12.0 Å². The Kier molecular flexibility index (Phi) is 2.58. The lowest BCUT2D eigenvalue weighted by Gasteiger charge is -2.49. The number of nitrogens with two attached hydrogens (primary N) is 1. The van der Waals surface area contributed by atoms with Gasteiger partial charge in [-0.1, -0.05) is 12.1 Å². The summed E-state index contributed by atoms with van der Waals surface area (Å²) in [6.07, 6.45) is 2.34. The molecule has 3 N–H and O–H groups in total. The van der Waals surface area contributed by atoms with Gasteiger partial charge in [0.05, 0.1) is 0 Å². The van der Waals surface area contributed by atoms with Crippen molar-refractivity contribution in [1.29, 1.82) is 0 Å². The van der Waals surface area contributed by atoms with E-state index < -0.39 is 0 Å². The Hall–Kier alpha value is -1.06. The van der Waals surface area contributed by atoms with E-state index in [4.69, 9.17) is 5.73 Å². The van der Waals surface area contributed by atoms with Crippen molar-refractivity contribution in [2.45, 2.75) is 24.9 Å². The van der Waals surface area contributed by atoms with Gasteiger partial charge in [-0.25, -0.2) is 0 Å². The summed E-state index contributed by atoms with van der Waals surface area (Å²) in [4.78, 5) is 2.50. The summed E-state index contributed by atoms with van der Waals surface area (Å²) in [7, 11) is 0. The second-order valence-electron chi connectivity index (χ2n) is 4.91. The Bertz CT molecular complexity index is 361. The van der Waals surface area contributed by atoms with Crippen LogP contribution < -0.4 is 16.0 Å². The van der Waals surface area contributed by atoms with Crippen LogP contribution in [-0.2, 0) is 6.42 Å². The highest BCUT2D eigenvalue weighted by Crippen LogP contribution is 2.26. The molecule has 1 aromatic carbocycles. The lowest BCUT2D eigenvalue weighted by molar-refractivity contribution is 0.226. The first-order valence-electron chi connectivity index (χ1n) is 6.15. The zero-order chi connectivity index (χ0) is 11.0. The molecule has 3 heteroatoms. The average Bonchev–Trinajstić information content (AvgIpc) is 2.29. The Morgan fingerprint density at radius 1 is 1.31 bits per heavy atom. The second-order valence-corrected chi connectivity index (χ2v) is 4.91. The maximum absolute atomic E-state index is 5.59. The summed E-state index contributed by atoms with van der Waals surface area (Å²) in [5, 5.41) is 3.56. The van der Waals surface area contributed by atoms with Gasteiger partial charge in [0.2, 0.25) is 0 Å². The first-order chi connectivity index (χ1) is 7.85. The summed E-state index contributed by atoms with van der Waals surface area (Å²) in [6.45, 7) is 3.04. The van der Waals surface area contributed by atoms with Crippen LogP contribution in [0, 0.1) is 0 Å². The van der Waals surface area contributed by atoms with E-state index in [2.05, 4.69) is 34.5 Å². The van der Waals surface area contributed by atoms with Crippen LogP contribution in [0.4, 0.5) is 5.69 Å². The highest BCUT2D eigenvalue weighted by Gasteiger charge is 2.36. The number of benzene rings is 1. The van der Waals surface area contributed by atoms with Crippen LogP contribution in [0.2, 0.25) is 0 Å². The summed E-state index contributed by atoms with van der Waals surface area (Å²) in [5.41, 5.74) is 8.31. The van der Waals surface area contributed by atoms with Gasteiger partial charge in [0.25, 0.3) is 0 Å². The van der Waals surface area contributed by atoms with Gasteiger partial charge in [-0.3, -0.25) is 0 Å². The van der Waals surface area contributed by atoms with Crippen LogP contribution in [0.3, 0.4) is 0 Å². The Morgan fingerprint density at radius 3 is 2.75 bits per heavy atom. The van der Waals surface area contributed by atoms with Crippen molar-refractivity contribution in [3.63, 3.8) is 0 Å². The van der Waals surface area contributed by atoms with Crippen LogP contribution in [0.15, 0.2) is 24.3 Å².